The van der Waals surface area contributed by atoms with Crippen molar-refractivity contribution in [1.29, 1.82) is 0 Å². The zero-order chi connectivity index (χ0) is 18.2. The summed E-state index contributed by atoms with van der Waals surface area (Å²) in [5, 5.41) is 0. The van der Waals surface area contributed by atoms with Crippen molar-refractivity contribution in [1.82, 2.24) is 0 Å². The van der Waals surface area contributed by atoms with Gasteiger partial charge in [0.05, 0.1) is 18.2 Å². The lowest BCUT2D eigenvalue weighted by Crippen LogP contribution is -2.44. The van der Waals surface area contributed by atoms with Crippen molar-refractivity contribution >= 4 is 17.7 Å². The highest BCUT2D eigenvalue weighted by atomic mass is 16.6. The molecule has 1 saturated carbocycles. The molecule has 1 heterocycles. The summed E-state index contributed by atoms with van der Waals surface area (Å²) in [6.07, 6.45) is 4.17. The molecule has 25 heavy (non-hydrogen) atoms. The van der Waals surface area contributed by atoms with Gasteiger partial charge in [-0.2, -0.15) is 0 Å². The highest BCUT2D eigenvalue weighted by molar-refractivity contribution is 5.90. The molecule has 0 saturated heterocycles. The van der Waals surface area contributed by atoms with E-state index >= 15 is 0 Å². The molecule has 1 aromatic rings. The Morgan fingerprint density at radius 3 is 2.44 bits per heavy atom. The summed E-state index contributed by atoms with van der Waals surface area (Å²) in [6.45, 7) is 6.27. The minimum Gasteiger partial charge on any atom is -0.468 e. The Hall–Kier alpha value is -2.04. The minimum absolute atomic E-state index is 0.154. The van der Waals surface area contributed by atoms with Gasteiger partial charge in [-0.05, 0) is 63.6 Å². The van der Waals surface area contributed by atoms with E-state index in [2.05, 4.69) is 6.07 Å². The zero-order valence-electron chi connectivity index (χ0n) is 15.6. The fraction of sp³-hybridized carbons (Fsp3) is 0.600. The van der Waals surface area contributed by atoms with Crippen molar-refractivity contribution in [2.45, 2.75) is 63.9 Å². The SMILES string of the molecule is COC(=O)C1(c2ccc3c(c2)CCCN3C(=O)OC(C)(C)C)CCC1. The van der Waals surface area contributed by atoms with E-state index in [1.54, 1.807) is 4.90 Å². The molecule has 0 unspecified atom stereocenters. The first kappa shape index (κ1) is 17.8. The maximum atomic E-state index is 12.5. The van der Waals surface area contributed by atoms with E-state index in [4.69, 9.17) is 9.47 Å². The molecule has 1 fully saturated rings. The molecule has 1 amide bonds. The first-order chi connectivity index (χ1) is 11.8. The molecule has 3 rings (SSSR count). The van der Waals surface area contributed by atoms with Crippen LogP contribution in [0.25, 0.3) is 0 Å². The van der Waals surface area contributed by atoms with E-state index < -0.39 is 11.0 Å². The van der Waals surface area contributed by atoms with Gasteiger partial charge < -0.3 is 9.47 Å². The second-order valence-corrected chi connectivity index (χ2v) is 8.01. The van der Waals surface area contributed by atoms with Gasteiger partial charge in [0.15, 0.2) is 0 Å². The van der Waals surface area contributed by atoms with Gasteiger partial charge in [-0.15, -0.1) is 0 Å². The first-order valence-corrected chi connectivity index (χ1v) is 8.99. The van der Waals surface area contributed by atoms with Crippen molar-refractivity contribution in [2.24, 2.45) is 0 Å². The largest absolute Gasteiger partial charge is 0.468 e. The van der Waals surface area contributed by atoms with Crippen molar-refractivity contribution in [3.63, 3.8) is 0 Å². The number of carbonyl (C=O) groups excluding carboxylic acids is 2. The first-order valence-electron chi connectivity index (χ1n) is 8.99. The van der Waals surface area contributed by atoms with Crippen LogP contribution in [0.2, 0.25) is 0 Å². The molecule has 1 aliphatic heterocycles. The fourth-order valence-corrected chi connectivity index (χ4v) is 3.74. The Morgan fingerprint density at radius 1 is 1.16 bits per heavy atom. The van der Waals surface area contributed by atoms with Gasteiger partial charge in [-0.1, -0.05) is 18.6 Å². The molecule has 5 nitrogen and oxygen atoms in total. The standard InChI is InChI=1S/C20H27NO4/c1-19(2,3)25-18(23)21-12-5-7-14-13-15(8-9-16(14)21)20(10-6-11-20)17(22)24-4/h8-9,13H,5-7,10-12H2,1-4H3. The van der Waals surface area contributed by atoms with Crippen molar-refractivity contribution in [2.75, 3.05) is 18.6 Å². The van der Waals surface area contributed by atoms with Crippen LogP contribution in [0.15, 0.2) is 18.2 Å². The van der Waals surface area contributed by atoms with Crippen LogP contribution in [-0.4, -0.2) is 31.3 Å². The molecule has 5 heteroatoms. The van der Waals surface area contributed by atoms with Crippen molar-refractivity contribution in [3.8, 4) is 0 Å². The van der Waals surface area contributed by atoms with E-state index in [0.29, 0.717) is 6.54 Å². The molecule has 0 N–H and O–H groups in total. The number of benzene rings is 1. The Kier molecular flexibility index (Phi) is 4.52. The summed E-state index contributed by atoms with van der Waals surface area (Å²) >= 11 is 0. The van der Waals surface area contributed by atoms with Crippen LogP contribution < -0.4 is 4.90 Å². The Morgan fingerprint density at radius 2 is 1.88 bits per heavy atom. The van der Waals surface area contributed by atoms with E-state index in [9.17, 15) is 9.59 Å². The number of methoxy groups -OCH3 is 1. The lowest BCUT2D eigenvalue weighted by molar-refractivity contribution is -0.151. The predicted molar refractivity (Wildman–Crippen MR) is 95.9 cm³/mol. The number of amides is 1. The monoisotopic (exact) mass is 345 g/mol. The van der Waals surface area contributed by atoms with Gasteiger partial charge in [-0.3, -0.25) is 9.69 Å². The molecule has 1 aliphatic carbocycles. The second kappa shape index (κ2) is 6.36. The van der Waals surface area contributed by atoms with E-state index in [1.165, 1.54) is 7.11 Å². The van der Waals surface area contributed by atoms with Crippen LogP contribution in [0.4, 0.5) is 10.5 Å². The molecule has 0 spiro atoms. The van der Waals surface area contributed by atoms with Gasteiger partial charge in [0.1, 0.15) is 5.60 Å². The van der Waals surface area contributed by atoms with Crippen LogP contribution in [0.1, 0.15) is 57.6 Å². The topological polar surface area (TPSA) is 55.8 Å². The number of hydrogen-bond acceptors (Lipinski definition) is 4. The molecule has 0 radical (unpaired) electrons. The lowest BCUT2D eigenvalue weighted by atomic mass is 9.64. The van der Waals surface area contributed by atoms with Gasteiger partial charge in [0.2, 0.25) is 0 Å². The molecule has 0 bridgehead atoms. The number of carbonyl (C=O) groups is 2. The summed E-state index contributed by atoms with van der Waals surface area (Å²) < 4.78 is 10.6. The molecular formula is C20H27NO4. The minimum atomic E-state index is -0.518. The van der Waals surface area contributed by atoms with Gasteiger partial charge in [0.25, 0.3) is 0 Å². The normalized spacial score (nSPS) is 18.8. The third kappa shape index (κ3) is 3.24. The second-order valence-electron chi connectivity index (χ2n) is 8.01. The number of rotatable bonds is 2. The molecular weight excluding hydrogens is 318 g/mol. The van der Waals surface area contributed by atoms with Gasteiger partial charge in [0, 0.05) is 6.54 Å². The number of anilines is 1. The number of nitrogens with zero attached hydrogens (tertiary/aromatic N) is 1. The highest BCUT2D eigenvalue weighted by Gasteiger charge is 2.47. The molecule has 1 aromatic carbocycles. The van der Waals surface area contributed by atoms with Crippen LogP contribution in [0.3, 0.4) is 0 Å². The maximum Gasteiger partial charge on any atom is 0.414 e. The van der Waals surface area contributed by atoms with Crippen molar-refractivity contribution in [3.05, 3.63) is 29.3 Å². The average Bonchev–Trinajstić information content (AvgIpc) is 2.51. The van der Waals surface area contributed by atoms with Crippen LogP contribution in [0.5, 0.6) is 0 Å². The smallest absolute Gasteiger partial charge is 0.414 e. The van der Waals surface area contributed by atoms with Crippen LogP contribution in [-0.2, 0) is 26.1 Å². The molecule has 2 aliphatic rings. The molecule has 0 atom stereocenters. The quantitative estimate of drug-likeness (QED) is 0.761. The van der Waals surface area contributed by atoms with Gasteiger partial charge in [-0.25, -0.2) is 4.79 Å². The Labute approximate surface area is 149 Å². The summed E-state index contributed by atoms with van der Waals surface area (Å²) in [4.78, 5) is 26.5. The van der Waals surface area contributed by atoms with E-state index in [0.717, 1.165) is 48.9 Å². The number of fused-ring (bicyclic) bond motifs is 1. The lowest BCUT2D eigenvalue weighted by Gasteiger charge is -2.40. The Bertz CT molecular complexity index is 685. The zero-order valence-corrected chi connectivity index (χ0v) is 15.6. The molecule has 136 valence electrons. The summed E-state index contributed by atoms with van der Waals surface area (Å²) in [7, 11) is 1.45. The van der Waals surface area contributed by atoms with E-state index in [-0.39, 0.29) is 12.1 Å². The predicted octanol–water partition coefficient (Wildman–Crippen LogP) is 3.97. The summed E-state index contributed by atoms with van der Waals surface area (Å²) in [5.41, 5.74) is 1.98. The van der Waals surface area contributed by atoms with E-state index in [1.807, 2.05) is 32.9 Å². The number of hydrogen-bond donors (Lipinski definition) is 0. The van der Waals surface area contributed by atoms with Crippen LogP contribution >= 0.6 is 0 Å². The third-order valence-corrected chi connectivity index (χ3v) is 5.15. The fourth-order valence-electron chi connectivity index (χ4n) is 3.74. The highest BCUT2D eigenvalue weighted by Crippen LogP contribution is 2.46. The third-order valence-electron chi connectivity index (χ3n) is 5.15. The van der Waals surface area contributed by atoms with Crippen molar-refractivity contribution < 1.29 is 19.1 Å². The maximum absolute atomic E-state index is 12.5. The Balaban J connectivity index is 1.90. The number of aryl methyl sites for hydroxylation is 1. The molecule has 0 aromatic heterocycles. The van der Waals surface area contributed by atoms with Crippen LogP contribution in [0, 0.1) is 0 Å². The summed E-state index contributed by atoms with van der Waals surface area (Å²) in [5.74, 6) is -0.154. The summed E-state index contributed by atoms with van der Waals surface area (Å²) in [6, 6.07) is 6.01. The average molecular weight is 345 g/mol. The number of esters is 1. The van der Waals surface area contributed by atoms with Gasteiger partial charge >= 0.3 is 12.1 Å². The number of ether oxygens (including phenoxy) is 2.